The maximum Gasteiger partial charge on any atom is 0.163 e. The fourth-order valence-electron chi connectivity index (χ4n) is 2.16. The van der Waals surface area contributed by atoms with Gasteiger partial charge in [-0.25, -0.2) is 4.39 Å². The van der Waals surface area contributed by atoms with Gasteiger partial charge in [-0.05, 0) is 23.8 Å². The van der Waals surface area contributed by atoms with Gasteiger partial charge < -0.3 is 14.8 Å². The van der Waals surface area contributed by atoms with Crippen LogP contribution in [-0.2, 0) is 6.54 Å². The van der Waals surface area contributed by atoms with E-state index in [1.807, 2.05) is 18.2 Å². The third-order valence-electron chi connectivity index (χ3n) is 3.26. The molecule has 0 bridgehead atoms. The van der Waals surface area contributed by atoms with Gasteiger partial charge in [-0.15, -0.1) is 0 Å². The van der Waals surface area contributed by atoms with Crippen molar-refractivity contribution >= 4 is 17.3 Å². The number of benzene rings is 2. The minimum absolute atomic E-state index is 0.152. The van der Waals surface area contributed by atoms with E-state index in [-0.39, 0.29) is 5.02 Å². The molecule has 5 heteroatoms. The van der Waals surface area contributed by atoms with Crippen molar-refractivity contribution in [3.63, 3.8) is 0 Å². The molecular weight excluding hydrogens is 293 g/mol. The van der Waals surface area contributed by atoms with Gasteiger partial charge in [0.2, 0.25) is 0 Å². The SMILES string of the molecule is Fc1cccc(CNc2ccc3c(c2)OCCCO3)c1Cl. The van der Waals surface area contributed by atoms with E-state index in [4.69, 9.17) is 21.1 Å². The summed E-state index contributed by atoms with van der Waals surface area (Å²) in [5.41, 5.74) is 1.59. The maximum absolute atomic E-state index is 13.4. The normalized spacial score (nSPS) is 13.6. The second kappa shape index (κ2) is 6.22. The molecule has 3 nitrogen and oxygen atoms in total. The largest absolute Gasteiger partial charge is 0.490 e. The van der Waals surface area contributed by atoms with Crippen LogP contribution in [0.25, 0.3) is 0 Å². The van der Waals surface area contributed by atoms with Gasteiger partial charge in [0.25, 0.3) is 0 Å². The summed E-state index contributed by atoms with van der Waals surface area (Å²) in [7, 11) is 0. The first kappa shape index (κ1) is 14.0. The molecular formula is C16H15ClFNO2. The molecule has 0 radical (unpaired) electrons. The van der Waals surface area contributed by atoms with Crippen LogP contribution in [-0.4, -0.2) is 13.2 Å². The monoisotopic (exact) mass is 307 g/mol. The summed E-state index contributed by atoms with van der Waals surface area (Å²) in [5, 5.41) is 3.37. The van der Waals surface area contributed by atoms with Gasteiger partial charge in [-0.1, -0.05) is 23.7 Å². The van der Waals surface area contributed by atoms with E-state index < -0.39 is 5.82 Å². The Bertz CT molecular complexity index is 648. The molecule has 2 aromatic rings. The molecule has 21 heavy (non-hydrogen) atoms. The van der Waals surface area contributed by atoms with Gasteiger partial charge >= 0.3 is 0 Å². The lowest BCUT2D eigenvalue weighted by Gasteiger charge is -2.12. The van der Waals surface area contributed by atoms with Crippen LogP contribution in [0.15, 0.2) is 36.4 Å². The molecule has 0 aliphatic carbocycles. The fourth-order valence-corrected chi connectivity index (χ4v) is 2.35. The number of nitrogens with one attached hydrogen (secondary N) is 1. The Morgan fingerprint density at radius 1 is 1.10 bits per heavy atom. The highest BCUT2D eigenvalue weighted by Gasteiger charge is 2.11. The predicted octanol–water partition coefficient (Wildman–Crippen LogP) is 4.25. The first-order chi connectivity index (χ1) is 10.2. The highest BCUT2D eigenvalue weighted by Crippen LogP contribution is 2.32. The van der Waals surface area contributed by atoms with Crippen LogP contribution < -0.4 is 14.8 Å². The lowest BCUT2D eigenvalue weighted by Crippen LogP contribution is -2.01. The molecule has 0 atom stereocenters. The van der Waals surface area contributed by atoms with Gasteiger partial charge in [0.15, 0.2) is 11.5 Å². The minimum atomic E-state index is -0.408. The van der Waals surface area contributed by atoms with Crippen molar-refractivity contribution in [2.75, 3.05) is 18.5 Å². The highest BCUT2D eigenvalue weighted by atomic mass is 35.5. The Labute approximate surface area is 127 Å². The minimum Gasteiger partial charge on any atom is -0.490 e. The van der Waals surface area contributed by atoms with Gasteiger partial charge in [0.05, 0.1) is 18.2 Å². The molecule has 0 saturated carbocycles. The van der Waals surface area contributed by atoms with E-state index in [0.717, 1.165) is 23.6 Å². The molecule has 1 heterocycles. The summed E-state index contributed by atoms with van der Waals surface area (Å²) < 4.78 is 24.6. The second-order valence-electron chi connectivity index (χ2n) is 4.78. The zero-order valence-corrected chi connectivity index (χ0v) is 12.1. The van der Waals surface area contributed by atoms with Crippen molar-refractivity contribution in [3.05, 3.63) is 52.8 Å². The van der Waals surface area contributed by atoms with Crippen LogP contribution in [0.2, 0.25) is 5.02 Å². The second-order valence-corrected chi connectivity index (χ2v) is 5.16. The van der Waals surface area contributed by atoms with Crippen LogP contribution in [0.3, 0.4) is 0 Å². The standard InChI is InChI=1S/C16H15ClFNO2/c17-16-11(3-1-4-13(16)18)10-19-12-5-6-14-15(9-12)21-8-2-7-20-14/h1,3-6,9,19H,2,7-8,10H2. The number of halogens is 2. The Hall–Kier alpha value is -1.94. The average Bonchev–Trinajstić information content (AvgIpc) is 2.73. The molecule has 0 fully saturated rings. The Morgan fingerprint density at radius 3 is 2.76 bits per heavy atom. The summed E-state index contributed by atoms with van der Waals surface area (Å²) in [4.78, 5) is 0. The summed E-state index contributed by atoms with van der Waals surface area (Å²) in [6, 6.07) is 10.4. The zero-order valence-electron chi connectivity index (χ0n) is 11.4. The molecule has 1 aliphatic heterocycles. The van der Waals surface area contributed by atoms with Crippen LogP contribution in [0.1, 0.15) is 12.0 Å². The zero-order chi connectivity index (χ0) is 14.7. The van der Waals surface area contributed by atoms with E-state index in [1.54, 1.807) is 12.1 Å². The van der Waals surface area contributed by atoms with Gasteiger partial charge in [-0.3, -0.25) is 0 Å². The van der Waals surface area contributed by atoms with Crippen LogP contribution in [0.4, 0.5) is 10.1 Å². The quantitative estimate of drug-likeness (QED) is 0.919. The molecule has 110 valence electrons. The summed E-state index contributed by atoms with van der Waals surface area (Å²) in [5.74, 6) is 1.07. The first-order valence-electron chi connectivity index (χ1n) is 6.80. The van der Waals surface area contributed by atoms with E-state index in [1.165, 1.54) is 6.07 Å². The van der Waals surface area contributed by atoms with E-state index in [9.17, 15) is 4.39 Å². The van der Waals surface area contributed by atoms with Crippen molar-refractivity contribution in [1.82, 2.24) is 0 Å². The number of anilines is 1. The summed E-state index contributed by atoms with van der Waals surface area (Å²) in [6.07, 6.45) is 0.871. The molecule has 0 saturated heterocycles. The molecule has 1 N–H and O–H groups in total. The van der Waals surface area contributed by atoms with E-state index >= 15 is 0 Å². The average molecular weight is 308 g/mol. The third kappa shape index (κ3) is 3.22. The van der Waals surface area contributed by atoms with Crippen molar-refractivity contribution in [2.24, 2.45) is 0 Å². The Kier molecular flexibility index (Phi) is 4.15. The first-order valence-corrected chi connectivity index (χ1v) is 7.18. The third-order valence-corrected chi connectivity index (χ3v) is 3.69. The molecule has 1 aliphatic rings. The number of fused-ring (bicyclic) bond motifs is 1. The highest BCUT2D eigenvalue weighted by molar-refractivity contribution is 6.31. The Morgan fingerprint density at radius 2 is 1.90 bits per heavy atom. The number of rotatable bonds is 3. The molecule has 0 spiro atoms. The maximum atomic E-state index is 13.4. The lowest BCUT2D eigenvalue weighted by molar-refractivity contribution is 0.297. The predicted molar refractivity (Wildman–Crippen MR) is 80.8 cm³/mol. The molecule has 2 aromatic carbocycles. The molecule has 0 unspecified atom stereocenters. The van der Waals surface area contributed by atoms with Crippen molar-refractivity contribution in [2.45, 2.75) is 13.0 Å². The fraction of sp³-hybridized carbons (Fsp3) is 0.250. The van der Waals surface area contributed by atoms with E-state index in [0.29, 0.717) is 25.3 Å². The number of hydrogen-bond donors (Lipinski definition) is 1. The number of hydrogen-bond acceptors (Lipinski definition) is 3. The van der Waals surface area contributed by atoms with Crippen molar-refractivity contribution in [1.29, 1.82) is 0 Å². The molecule has 3 rings (SSSR count). The van der Waals surface area contributed by atoms with Gasteiger partial charge in [0.1, 0.15) is 5.82 Å². The van der Waals surface area contributed by atoms with Crippen molar-refractivity contribution < 1.29 is 13.9 Å². The van der Waals surface area contributed by atoms with Crippen LogP contribution >= 0.6 is 11.6 Å². The van der Waals surface area contributed by atoms with E-state index in [2.05, 4.69) is 5.32 Å². The van der Waals surface area contributed by atoms with Gasteiger partial charge in [-0.2, -0.15) is 0 Å². The molecule has 0 aromatic heterocycles. The van der Waals surface area contributed by atoms with Gasteiger partial charge in [0, 0.05) is 24.7 Å². The molecule has 0 amide bonds. The van der Waals surface area contributed by atoms with Crippen LogP contribution in [0, 0.1) is 5.82 Å². The smallest absolute Gasteiger partial charge is 0.163 e. The summed E-state index contributed by atoms with van der Waals surface area (Å²) >= 11 is 5.94. The Balaban J connectivity index is 1.73. The van der Waals surface area contributed by atoms with Crippen LogP contribution in [0.5, 0.6) is 11.5 Å². The number of ether oxygens (including phenoxy) is 2. The lowest BCUT2D eigenvalue weighted by atomic mass is 10.2. The van der Waals surface area contributed by atoms with Crippen molar-refractivity contribution in [3.8, 4) is 11.5 Å². The summed E-state index contributed by atoms with van der Waals surface area (Å²) in [6.45, 7) is 1.75. The topological polar surface area (TPSA) is 30.5 Å².